The average molecular weight is 321 g/mol. The number of anilines is 1. The van der Waals surface area contributed by atoms with Gasteiger partial charge in [0.05, 0.1) is 0 Å². The van der Waals surface area contributed by atoms with Gasteiger partial charge in [-0.3, -0.25) is 5.32 Å². The Morgan fingerprint density at radius 1 is 1.30 bits per heavy atom. The van der Waals surface area contributed by atoms with Crippen LogP contribution in [0.15, 0.2) is 18.5 Å². The average Bonchev–Trinajstić information content (AvgIpc) is 2.80. The third-order valence-electron chi connectivity index (χ3n) is 2.54. The number of aliphatic hydroxyl groups is 1. The van der Waals surface area contributed by atoms with Gasteiger partial charge in [-0.05, 0) is 33.8 Å². The van der Waals surface area contributed by atoms with Crippen molar-refractivity contribution in [2.45, 2.75) is 39.0 Å². The SMILES string of the molecule is CC(C)(C)OC(=O)NC(C)(O)c1nc(N)nn1-c1ncccn1. The summed E-state index contributed by atoms with van der Waals surface area (Å²) in [6, 6.07) is 1.63. The van der Waals surface area contributed by atoms with Crippen molar-refractivity contribution in [3.05, 3.63) is 24.3 Å². The predicted molar refractivity (Wildman–Crippen MR) is 80.3 cm³/mol. The van der Waals surface area contributed by atoms with Crippen LogP contribution in [0.25, 0.3) is 5.95 Å². The molecule has 0 saturated heterocycles. The van der Waals surface area contributed by atoms with E-state index >= 15 is 0 Å². The van der Waals surface area contributed by atoms with Crippen LogP contribution in [-0.2, 0) is 10.5 Å². The summed E-state index contributed by atoms with van der Waals surface area (Å²) in [5.41, 5.74) is 2.98. The number of carbonyl (C=O) groups excluding carboxylic acids is 1. The number of hydrogen-bond acceptors (Lipinski definition) is 8. The number of alkyl carbamates (subject to hydrolysis) is 1. The van der Waals surface area contributed by atoms with E-state index in [4.69, 9.17) is 10.5 Å². The summed E-state index contributed by atoms with van der Waals surface area (Å²) in [4.78, 5) is 23.9. The van der Waals surface area contributed by atoms with Gasteiger partial charge < -0.3 is 15.6 Å². The summed E-state index contributed by atoms with van der Waals surface area (Å²) < 4.78 is 6.26. The van der Waals surface area contributed by atoms with E-state index in [-0.39, 0.29) is 17.7 Å². The van der Waals surface area contributed by atoms with Crippen LogP contribution in [0.2, 0.25) is 0 Å². The Labute approximate surface area is 132 Å². The van der Waals surface area contributed by atoms with Gasteiger partial charge in [-0.15, -0.1) is 5.10 Å². The van der Waals surface area contributed by atoms with E-state index in [1.54, 1.807) is 26.8 Å². The van der Waals surface area contributed by atoms with Gasteiger partial charge in [-0.25, -0.2) is 14.8 Å². The maximum atomic E-state index is 11.9. The molecular formula is C13H19N7O3. The molecule has 1 amide bonds. The van der Waals surface area contributed by atoms with Crippen LogP contribution in [0.1, 0.15) is 33.5 Å². The Kier molecular flexibility index (Phi) is 4.19. The molecule has 2 aromatic heterocycles. The zero-order valence-corrected chi connectivity index (χ0v) is 13.3. The second-order valence-electron chi connectivity index (χ2n) is 5.95. The molecule has 1 atom stereocenters. The summed E-state index contributed by atoms with van der Waals surface area (Å²) >= 11 is 0. The number of hydrogen-bond donors (Lipinski definition) is 3. The number of nitrogens with zero attached hydrogens (tertiary/aromatic N) is 5. The van der Waals surface area contributed by atoms with E-state index in [0.717, 1.165) is 4.68 Å². The maximum Gasteiger partial charge on any atom is 0.410 e. The largest absolute Gasteiger partial charge is 0.444 e. The molecule has 23 heavy (non-hydrogen) atoms. The summed E-state index contributed by atoms with van der Waals surface area (Å²) in [5, 5.41) is 16.8. The normalized spacial score (nSPS) is 14.1. The van der Waals surface area contributed by atoms with E-state index in [9.17, 15) is 9.90 Å². The van der Waals surface area contributed by atoms with Crippen LogP contribution < -0.4 is 11.1 Å². The predicted octanol–water partition coefficient (Wildman–Crippen LogP) is 0.329. The molecule has 0 aromatic carbocycles. The molecule has 2 heterocycles. The zero-order chi connectivity index (χ0) is 17.3. The lowest BCUT2D eigenvalue weighted by Crippen LogP contribution is -2.47. The van der Waals surface area contributed by atoms with Gasteiger partial charge in [0.2, 0.25) is 5.95 Å². The topological polar surface area (TPSA) is 141 Å². The van der Waals surface area contributed by atoms with Crippen LogP contribution in [0.4, 0.5) is 10.7 Å². The second-order valence-corrected chi connectivity index (χ2v) is 5.95. The monoisotopic (exact) mass is 321 g/mol. The molecule has 0 radical (unpaired) electrons. The third-order valence-corrected chi connectivity index (χ3v) is 2.54. The lowest BCUT2D eigenvalue weighted by Gasteiger charge is -2.26. The van der Waals surface area contributed by atoms with E-state index in [0.29, 0.717) is 0 Å². The summed E-state index contributed by atoms with van der Waals surface area (Å²) in [5.74, 6) is 0.00346. The van der Waals surface area contributed by atoms with Gasteiger partial charge in [-0.1, -0.05) is 0 Å². The first kappa shape index (κ1) is 16.6. The zero-order valence-electron chi connectivity index (χ0n) is 13.3. The number of carbonyl (C=O) groups is 1. The molecule has 2 aromatic rings. The Balaban J connectivity index is 2.32. The highest BCUT2D eigenvalue weighted by Gasteiger charge is 2.34. The fraction of sp³-hybridized carbons (Fsp3) is 0.462. The lowest BCUT2D eigenvalue weighted by molar-refractivity contribution is -0.0120. The summed E-state index contributed by atoms with van der Waals surface area (Å²) in [6.45, 7) is 6.44. The first-order valence-electron chi connectivity index (χ1n) is 6.82. The Morgan fingerprint density at radius 2 is 1.91 bits per heavy atom. The van der Waals surface area contributed by atoms with Crippen LogP contribution >= 0.6 is 0 Å². The summed E-state index contributed by atoms with van der Waals surface area (Å²) in [7, 11) is 0. The first-order valence-corrected chi connectivity index (χ1v) is 6.82. The molecule has 124 valence electrons. The minimum atomic E-state index is -1.90. The number of nitrogen functional groups attached to an aromatic ring is 1. The first-order chi connectivity index (χ1) is 10.6. The Hall–Kier alpha value is -2.75. The molecular weight excluding hydrogens is 302 g/mol. The van der Waals surface area contributed by atoms with Gasteiger partial charge in [0.1, 0.15) is 5.60 Å². The van der Waals surface area contributed by atoms with Gasteiger partial charge in [0, 0.05) is 12.4 Å². The van der Waals surface area contributed by atoms with E-state index < -0.39 is 17.4 Å². The quantitative estimate of drug-likeness (QED) is 0.687. The minimum Gasteiger partial charge on any atom is -0.444 e. The van der Waals surface area contributed by atoms with Gasteiger partial charge >= 0.3 is 6.09 Å². The molecule has 4 N–H and O–H groups in total. The van der Waals surface area contributed by atoms with Gasteiger partial charge in [0.25, 0.3) is 5.95 Å². The summed E-state index contributed by atoms with van der Waals surface area (Å²) in [6.07, 6.45) is 2.18. The fourth-order valence-corrected chi connectivity index (χ4v) is 1.74. The van der Waals surface area contributed by atoms with Crippen LogP contribution in [0.3, 0.4) is 0 Å². The molecule has 0 bridgehead atoms. The molecule has 0 aliphatic rings. The fourth-order valence-electron chi connectivity index (χ4n) is 1.74. The standard InChI is InChI=1S/C13H19N7O3/c1-12(2,3)23-11(21)18-13(4,22)8-17-9(14)19-20(8)10-15-6-5-7-16-10/h5-7,22H,1-4H3,(H2,14,19)(H,18,21). The highest BCUT2D eigenvalue weighted by atomic mass is 16.6. The van der Waals surface area contributed by atoms with E-state index in [1.165, 1.54) is 19.3 Å². The molecule has 0 spiro atoms. The van der Waals surface area contributed by atoms with Crippen molar-refractivity contribution in [2.75, 3.05) is 5.73 Å². The van der Waals surface area contributed by atoms with Crippen LogP contribution in [0, 0.1) is 0 Å². The number of aromatic nitrogens is 5. The molecule has 10 heteroatoms. The van der Waals surface area contributed by atoms with Crippen molar-refractivity contribution in [3.8, 4) is 5.95 Å². The van der Waals surface area contributed by atoms with Crippen molar-refractivity contribution < 1.29 is 14.6 Å². The second kappa shape index (κ2) is 5.80. The minimum absolute atomic E-state index is 0.0490. The molecule has 10 nitrogen and oxygen atoms in total. The number of nitrogens with one attached hydrogen (secondary N) is 1. The molecule has 1 unspecified atom stereocenters. The Bertz CT molecular complexity index is 691. The maximum absolute atomic E-state index is 11.9. The van der Waals surface area contributed by atoms with E-state index in [1.807, 2.05) is 0 Å². The highest BCUT2D eigenvalue weighted by Crippen LogP contribution is 2.19. The lowest BCUT2D eigenvalue weighted by atomic mass is 10.2. The number of nitrogens with two attached hydrogens (primary N) is 1. The number of rotatable bonds is 3. The van der Waals surface area contributed by atoms with Crippen molar-refractivity contribution >= 4 is 12.0 Å². The van der Waals surface area contributed by atoms with Crippen molar-refractivity contribution in [3.63, 3.8) is 0 Å². The van der Waals surface area contributed by atoms with E-state index in [2.05, 4.69) is 25.4 Å². The molecule has 2 rings (SSSR count). The molecule has 0 fully saturated rings. The van der Waals surface area contributed by atoms with Crippen molar-refractivity contribution in [1.82, 2.24) is 30.0 Å². The number of amides is 1. The third kappa shape index (κ3) is 4.13. The van der Waals surface area contributed by atoms with Gasteiger partial charge in [-0.2, -0.15) is 9.67 Å². The van der Waals surface area contributed by atoms with Crippen molar-refractivity contribution in [2.24, 2.45) is 0 Å². The van der Waals surface area contributed by atoms with Crippen LogP contribution in [0.5, 0.6) is 0 Å². The number of ether oxygens (including phenoxy) is 1. The molecule has 0 aliphatic heterocycles. The molecule has 0 saturated carbocycles. The van der Waals surface area contributed by atoms with Crippen molar-refractivity contribution in [1.29, 1.82) is 0 Å². The highest BCUT2D eigenvalue weighted by molar-refractivity contribution is 5.68. The Morgan fingerprint density at radius 3 is 2.48 bits per heavy atom. The van der Waals surface area contributed by atoms with Gasteiger partial charge in [0.15, 0.2) is 11.5 Å². The smallest absolute Gasteiger partial charge is 0.410 e. The van der Waals surface area contributed by atoms with Crippen LogP contribution in [-0.4, -0.2) is 41.5 Å². The molecule has 0 aliphatic carbocycles.